The van der Waals surface area contributed by atoms with Crippen LogP contribution in [-0.4, -0.2) is 30.7 Å². The number of ether oxygens (including phenoxy) is 2. The first-order valence-corrected chi connectivity index (χ1v) is 8.28. The molecule has 25 heavy (non-hydrogen) atoms. The van der Waals surface area contributed by atoms with Gasteiger partial charge in [-0.15, -0.1) is 0 Å². The molecular formula is C17H15BrClNO5. The number of nitrogens with one attached hydrogen (secondary N) is 1. The molecule has 0 spiro atoms. The number of carbonyl (C=O) groups excluding carboxylic acids is 1. The molecule has 0 saturated carbocycles. The Morgan fingerprint density at radius 2 is 2.00 bits per heavy atom. The van der Waals surface area contributed by atoms with Crippen LogP contribution in [0.1, 0.15) is 15.9 Å². The summed E-state index contributed by atoms with van der Waals surface area (Å²) in [6.07, 6.45) is 0. The van der Waals surface area contributed by atoms with Crippen molar-refractivity contribution in [1.82, 2.24) is 0 Å². The molecule has 2 N–H and O–H groups in total. The maximum atomic E-state index is 12.0. The number of amides is 1. The molecule has 0 bridgehead atoms. The van der Waals surface area contributed by atoms with Crippen molar-refractivity contribution in [3.05, 3.63) is 51.0 Å². The lowest BCUT2D eigenvalue weighted by Gasteiger charge is -2.12. The fourth-order valence-electron chi connectivity index (χ4n) is 2.03. The fourth-order valence-corrected chi connectivity index (χ4v) is 2.48. The third-order valence-electron chi connectivity index (χ3n) is 3.29. The van der Waals surface area contributed by atoms with Gasteiger partial charge in [0, 0.05) is 10.5 Å². The number of hydrogen-bond donors (Lipinski definition) is 2. The van der Waals surface area contributed by atoms with E-state index in [1.807, 2.05) is 13.0 Å². The number of aromatic carboxylic acids is 1. The van der Waals surface area contributed by atoms with Crippen LogP contribution in [0.25, 0.3) is 0 Å². The monoisotopic (exact) mass is 427 g/mol. The molecule has 0 saturated heterocycles. The van der Waals surface area contributed by atoms with E-state index in [0.29, 0.717) is 5.75 Å². The number of hydrogen-bond acceptors (Lipinski definition) is 4. The lowest BCUT2D eigenvalue weighted by molar-refractivity contribution is -0.118. The summed E-state index contributed by atoms with van der Waals surface area (Å²) >= 11 is 9.41. The molecule has 0 atom stereocenters. The van der Waals surface area contributed by atoms with Gasteiger partial charge in [-0.25, -0.2) is 4.79 Å². The van der Waals surface area contributed by atoms with Crippen molar-refractivity contribution < 1.29 is 24.2 Å². The lowest BCUT2D eigenvalue weighted by atomic mass is 10.1. The Labute approximate surface area is 157 Å². The number of benzene rings is 2. The van der Waals surface area contributed by atoms with E-state index in [4.69, 9.17) is 26.2 Å². The molecule has 0 radical (unpaired) electrons. The van der Waals surface area contributed by atoms with Crippen molar-refractivity contribution in [3.8, 4) is 11.5 Å². The second-order valence-electron chi connectivity index (χ2n) is 5.09. The van der Waals surface area contributed by atoms with Crippen molar-refractivity contribution >= 4 is 45.1 Å². The van der Waals surface area contributed by atoms with Crippen LogP contribution in [0.5, 0.6) is 11.5 Å². The van der Waals surface area contributed by atoms with Gasteiger partial charge in [0.25, 0.3) is 5.91 Å². The maximum Gasteiger partial charge on any atom is 0.339 e. The fraction of sp³-hybridized carbons (Fsp3) is 0.176. The minimum Gasteiger partial charge on any atom is -0.496 e. The van der Waals surface area contributed by atoms with Crippen LogP contribution in [0, 0.1) is 6.92 Å². The minimum atomic E-state index is -1.18. The van der Waals surface area contributed by atoms with E-state index in [2.05, 4.69) is 21.2 Å². The van der Waals surface area contributed by atoms with Crippen LogP contribution in [0.15, 0.2) is 34.8 Å². The predicted octanol–water partition coefficient (Wildman–Crippen LogP) is 4.14. The Kier molecular flexibility index (Phi) is 6.27. The molecule has 0 heterocycles. The summed E-state index contributed by atoms with van der Waals surface area (Å²) in [5.74, 6) is -0.962. The molecule has 0 aliphatic heterocycles. The first-order valence-electron chi connectivity index (χ1n) is 7.11. The molecular weight excluding hydrogens is 414 g/mol. The van der Waals surface area contributed by atoms with E-state index < -0.39 is 11.9 Å². The Hall–Kier alpha value is -2.25. The Bertz CT molecular complexity index is 825. The maximum absolute atomic E-state index is 12.0. The van der Waals surface area contributed by atoms with Gasteiger partial charge in [0.05, 0.1) is 17.8 Å². The average molecular weight is 429 g/mol. The van der Waals surface area contributed by atoms with Crippen LogP contribution >= 0.6 is 27.5 Å². The molecule has 0 fully saturated rings. The molecule has 1 amide bonds. The zero-order valence-electron chi connectivity index (χ0n) is 13.4. The van der Waals surface area contributed by atoms with Gasteiger partial charge in [0.15, 0.2) is 6.61 Å². The van der Waals surface area contributed by atoms with E-state index >= 15 is 0 Å². The highest BCUT2D eigenvalue weighted by Crippen LogP contribution is 2.31. The van der Waals surface area contributed by atoms with Crippen molar-refractivity contribution in [2.45, 2.75) is 6.92 Å². The zero-order chi connectivity index (χ0) is 18.6. The summed E-state index contributed by atoms with van der Waals surface area (Å²) < 4.78 is 11.4. The molecule has 6 nitrogen and oxygen atoms in total. The lowest BCUT2D eigenvalue weighted by Crippen LogP contribution is -2.20. The van der Waals surface area contributed by atoms with Gasteiger partial charge >= 0.3 is 5.97 Å². The van der Waals surface area contributed by atoms with Crippen molar-refractivity contribution in [2.24, 2.45) is 0 Å². The zero-order valence-corrected chi connectivity index (χ0v) is 15.8. The molecule has 2 aromatic rings. The summed E-state index contributed by atoms with van der Waals surface area (Å²) in [6, 6.07) is 7.94. The van der Waals surface area contributed by atoms with Crippen molar-refractivity contribution in [3.63, 3.8) is 0 Å². The van der Waals surface area contributed by atoms with Crippen LogP contribution in [-0.2, 0) is 4.79 Å². The van der Waals surface area contributed by atoms with Gasteiger partial charge in [-0.1, -0.05) is 27.5 Å². The summed E-state index contributed by atoms with van der Waals surface area (Å²) in [7, 11) is 1.33. The molecule has 0 aliphatic rings. The second kappa shape index (κ2) is 8.22. The Balaban J connectivity index is 2.07. The van der Waals surface area contributed by atoms with Gasteiger partial charge in [-0.3, -0.25) is 4.79 Å². The highest BCUT2D eigenvalue weighted by molar-refractivity contribution is 9.10. The summed E-state index contributed by atoms with van der Waals surface area (Å²) in [5, 5.41) is 11.8. The number of rotatable bonds is 6. The average Bonchev–Trinajstić information content (AvgIpc) is 2.57. The molecule has 0 unspecified atom stereocenters. The third kappa shape index (κ3) is 4.87. The van der Waals surface area contributed by atoms with Crippen molar-refractivity contribution in [1.29, 1.82) is 0 Å². The number of carboxylic acids is 1. The van der Waals surface area contributed by atoms with E-state index in [0.717, 1.165) is 10.0 Å². The van der Waals surface area contributed by atoms with Gasteiger partial charge in [-0.2, -0.15) is 0 Å². The van der Waals surface area contributed by atoms with E-state index in [-0.39, 0.29) is 28.6 Å². The van der Waals surface area contributed by atoms with Crippen LogP contribution in [0.3, 0.4) is 0 Å². The van der Waals surface area contributed by atoms with E-state index in [1.165, 1.54) is 19.2 Å². The number of aryl methyl sites for hydroxylation is 1. The number of methoxy groups -OCH3 is 1. The number of anilines is 1. The normalized spacial score (nSPS) is 10.2. The SMILES string of the molecule is COc1cc(NC(=O)COc2ccc(Br)c(C)c2)c(Cl)cc1C(=O)O. The van der Waals surface area contributed by atoms with Crippen LogP contribution in [0.4, 0.5) is 5.69 Å². The predicted molar refractivity (Wildman–Crippen MR) is 98.0 cm³/mol. The van der Waals surface area contributed by atoms with Gasteiger partial charge in [0.2, 0.25) is 0 Å². The first-order chi connectivity index (χ1) is 11.8. The summed E-state index contributed by atoms with van der Waals surface area (Å²) in [6.45, 7) is 1.69. The van der Waals surface area contributed by atoms with Crippen LogP contribution < -0.4 is 14.8 Å². The largest absolute Gasteiger partial charge is 0.496 e. The quantitative estimate of drug-likeness (QED) is 0.722. The summed E-state index contributed by atoms with van der Waals surface area (Å²) in [4.78, 5) is 23.2. The van der Waals surface area contributed by atoms with E-state index in [9.17, 15) is 9.59 Å². The number of carbonyl (C=O) groups is 2. The topological polar surface area (TPSA) is 84.9 Å². The molecule has 8 heteroatoms. The third-order valence-corrected chi connectivity index (χ3v) is 4.50. The molecule has 2 rings (SSSR count). The summed E-state index contributed by atoms with van der Waals surface area (Å²) in [5.41, 5.74) is 1.13. The molecule has 0 aromatic heterocycles. The number of halogens is 2. The van der Waals surface area contributed by atoms with Gasteiger partial charge < -0.3 is 19.9 Å². The van der Waals surface area contributed by atoms with Crippen LogP contribution in [0.2, 0.25) is 5.02 Å². The first kappa shape index (κ1) is 19.1. The molecule has 132 valence electrons. The van der Waals surface area contributed by atoms with Crippen molar-refractivity contribution in [2.75, 3.05) is 19.0 Å². The van der Waals surface area contributed by atoms with Gasteiger partial charge in [-0.05, 0) is 36.8 Å². The Morgan fingerprint density at radius 1 is 1.28 bits per heavy atom. The highest BCUT2D eigenvalue weighted by atomic mass is 79.9. The smallest absolute Gasteiger partial charge is 0.339 e. The Morgan fingerprint density at radius 3 is 2.60 bits per heavy atom. The molecule has 0 aliphatic carbocycles. The second-order valence-corrected chi connectivity index (χ2v) is 6.35. The van der Waals surface area contributed by atoms with E-state index in [1.54, 1.807) is 12.1 Å². The standard InChI is InChI=1S/C17H15BrClNO5/c1-9-5-10(3-4-12(9)18)25-8-16(21)20-14-7-15(24-2)11(17(22)23)6-13(14)19/h3-7H,8H2,1-2H3,(H,20,21)(H,22,23). The van der Waals surface area contributed by atoms with Gasteiger partial charge in [0.1, 0.15) is 17.1 Å². The molecule has 2 aromatic carbocycles. The number of carboxylic acid groups (broad SMARTS) is 1. The highest BCUT2D eigenvalue weighted by Gasteiger charge is 2.16. The minimum absolute atomic E-state index is 0.0889.